The number of aromatic nitrogens is 1. The number of rotatable bonds is 3. The van der Waals surface area contributed by atoms with E-state index in [1.807, 2.05) is 18.3 Å². The normalized spacial score (nSPS) is 28.5. The van der Waals surface area contributed by atoms with Gasteiger partial charge in [0.15, 0.2) is 0 Å². The van der Waals surface area contributed by atoms with Crippen LogP contribution in [0.4, 0.5) is 5.69 Å². The number of carbonyl (C=O) groups excluding carboxylic acids is 1. The van der Waals surface area contributed by atoms with Crippen molar-refractivity contribution in [2.75, 3.05) is 18.0 Å². The molecule has 2 aliphatic carbocycles. The molecule has 5 nitrogen and oxygen atoms in total. The second-order valence-electron chi connectivity index (χ2n) is 6.05. The Morgan fingerprint density at radius 3 is 2.85 bits per heavy atom. The van der Waals surface area contributed by atoms with Crippen LogP contribution < -0.4 is 15.5 Å². The first kappa shape index (κ1) is 12.1. The summed E-state index contributed by atoms with van der Waals surface area (Å²) in [4.78, 5) is 18.7. The molecule has 2 atom stereocenters. The highest BCUT2D eigenvalue weighted by atomic mass is 16.2. The van der Waals surface area contributed by atoms with Gasteiger partial charge in [-0.25, -0.2) is 4.98 Å². The lowest BCUT2D eigenvalue weighted by Gasteiger charge is -2.49. The topological polar surface area (TPSA) is 57.3 Å². The Balaban J connectivity index is 1.47. The van der Waals surface area contributed by atoms with E-state index in [1.165, 1.54) is 12.8 Å². The number of anilines is 1. The number of carbonyl (C=O) groups is 1. The molecule has 0 bridgehead atoms. The summed E-state index contributed by atoms with van der Waals surface area (Å²) in [5, 5.41) is 6.52. The van der Waals surface area contributed by atoms with E-state index in [-0.39, 0.29) is 5.91 Å². The van der Waals surface area contributed by atoms with Gasteiger partial charge in [0, 0.05) is 31.2 Å². The number of hydrogen-bond donors (Lipinski definition) is 2. The van der Waals surface area contributed by atoms with Crippen LogP contribution in [0.25, 0.3) is 0 Å². The van der Waals surface area contributed by atoms with Gasteiger partial charge in [-0.3, -0.25) is 4.79 Å². The summed E-state index contributed by atoms with van der Waals surface area (Å²) in [5.74, 6) is -0.0409. The highest BCUT2D eigenvalue weighted by Gasteiger charge is 2.38. The lowest BCUT2D eigenvalue weighted by molar-refractivity contribution is 0.0946. The Hall–Kier alpha value is -1.62. The molecule has 5 heteroatoms. The molecule has 20 heavy (non-hydrogen) atoms. The van der Waals surface area contributed by atoms with E-state index in [1.54, 1.807) is 0 Å². The fraction of sp³-hybridized carbons (Fsp3) is 0.600. The van der Waals surface area contributed by atoms with Crippen LogP contribution in [0.2, 0.25) is 0 Å². The molecule has 0 radical (unpaired) electrons. The predicted octanol–water partition coefficient (Wildman–Crippen LogP) is 0.914. The Labute approximate surface area is 118 Å². The summed E-state index contributed by atoms with van der Waals surface area (Å²) < 4.78 is 0. The van der Waals surface area contributed by atoms with Crippen LogP contribution in [0.1, 0.15) is 36.2 Å². The van der Waals surface area contributed by atoms with Gasteiger partial charge in [-0.05, 0) is 37.8 Å². The maximum Gasteiger partial charge on any atom is 0.270 e. The summed E-state index contributed by atoms with van der Waals surface area (Å²) in [6.45, 7) is 2.06. The predicted molar refractivity (Wildman–Crippen MR) is 76.9 cm³/mol. The second kappa shape index (κ2) is 4.74. The molecule has 1 saturated heterocycles. The van der Waals surface area contributed by atoms with Gasteiger partial charge in [0.2, 0.25) is 0 Å². The molecular formula is C15H20N4O. The Bertz CT molecular complexity index is 511. The maximum atomic E-state index is 11.9. The zero-order valence-corrected chi connectivity index (χ0v) is 11.5. The Morgan fingerprint density at radius 1 is 1.30 bits per heavy atom. The van der Waals surface area contributed by atoms with E-state index in [2.05, 4.69) is 20.5 Å². The molecule has 1 aromatic heterocycles. The van der Waals surface area contributed by atoms with Crippen molar-refractivity contribution in [3.63, 3.8) is 0 Å². The number of amides is 1. The van der Waals surface area contributed by atoms with Crippen LogP contribution in [-0.4, -0.2) is 42.1 Å². The van der Waals surface area contributed by atoms with Crippen molar-refractivity contribution in [1.29, 1.82) is 0 Å². The fourth-order valence-corrected chi connectivity index (χ4v) is 3.13. The van der Waals surface area contributed by atoms with Crippen LogP contribution in [-0.2, 0) is 0 Å². The van der Waals surface area contributed by atoms with Crippen LogP contribution >= 0.6 is 0 Å². The van der Waals surface area contributed by atoms with Crippen molar-refractivity contribution in [3.8, 4) is 0 Å². The molecule has 2 heterocycles. The molecule has 0 aromatic carbocycles. The van der Waals surface area contributed by atoms with Gasteiger partial charge >= 0.3 is 0 Å². The van der Waals surface area contributed by atoms with Crippen molar-refractivity contribution in [2.24, 2.45) is 0 Å². The minimum Gasteiger partial charge on any atom is -0.364 e. The molecule has 1 aromatic rings. The maximum absolute atomic E-state index is 11.9. The zero-order chi connectivity index (χ0) is 13.5. The van der Waals surface area contributed by atoms with Gasteiger partial charge in [0.05, 0.1) is 11.9 Å². The second-order valence-corrected chi connectivity index (χ2v) is 6.05. The third kappa shape index (κ3) is 2.16. The summed E-state index contributed by atoms with van der Waals surface area (Å²) in [6.07, 6.45) is 6.59. The van der Waals surface area contributed by atoms with E-state index < -0.39 is 0 Å². The first-order valence-electron chi connectivity index (χ1n) is 7.58. The Morgan fingerprint density at radius 2 is 2.20 bits per heavy atom. The van der Waals surface area contributed by atoms with Gasteiger partial charge in [-0.15, -0.1) is 0 Å². The van der Waals surface area contributed by atoms with E-state index >= 15 is 0 Å². The van der Waals surface area contributed by atoms with Gasteiger partial charge in [-0.2, -0.15) is 0 Å². The molecule has 1 amide bonds. The standard InChI is InChI=1S/C15H20N4O/c20-15(18-10-1-2-10)13-4-3-11(9-17-13)19-8-7-16-12-5-6-14(12)19/h3-4,9-10,12,14,16H,1-2,5-8H2,(H,18,20)/t12-,14?/m1/s1. The average molecular weight is 272 g/mol. The first-order chi connectivity index (χ1) is 9.81. The van der Waals surface area contributed by atoms with Crippen molar-refractivity contribution < 1.29 is 4.79 Å². The molecule has 1 aliphatic heterocycles. The minimum atomic E-state index is -0.0409. The van der Waals surface area contributed by atoms with Crippen molar-refractivity contribution in [3.05, 3.63) is 24.0 Å². The number of nitrogens with one attached hydrogen (secondary N) is 2. The summed E-state index contributed by atoms with van der Waals surface area (Å²) in [6, 6.07) is 5.52. The van der Waals surface area contributed by atoms with Crippen molar-refractivity contribution in [1.82, 2.24) is 15.6 Å². The number of pyridine rings is 1. The molecule has 4 rings (SSSR count). The number of hydrogen-bond acceptors (Lipinski definition) is 4. The van der Waals surface area contributed by atoms with Crippen LogP contribution in [0, 0.1) is 0 Å². The van der Waals surface area contributed by atoms with Crippen LogP contribution in [0.5, 0.6) is 0 Å². The third-order valence-electron chi connectivity index (χ3n) is 4.62. The molecule has 0 spiro atoms. The van der Waals surface area contributed by atoms with Crippen molar-refractivity contribution >= 4 is 11.6 Å². The lowest BCUT2D eigenvalue weighted by Crippen LogP contribution is -2.63. The van der Waals surface area contributed by atoms with Gasteiger partial charge < -0.3 is 15.5 Å². The molecular weight excluding hydrogens is 252 g/mol. The summed E-state index contributed by atoms with van der Waals surface area (Å²) in [7, 11) is 0. The van der Waals surface area contributed by atoms with E-state index in [0.29, 0.717) is 23.8 Å². The SMILES string of the molecule is O=C(NC1CC1)c1ccc(N2CCN[C@@H]3CCC32)cn1. The quantitative estimate of drug-likeness (QED) is 0.859. The number of nitrogens with zero attached hydrogens (tertiary/aromatic N) is 2. The summed E-state index contributed by atoms with van der Waals surface area (Å²) >= 11 is 0. The smallest absolute Gasteiger partial charge is 0.270 e. The van der Waals surface area contributed by atoms with Crippen molar-refractivity contribution in [2.45, 2.75) is 43.8 Å². The van der Waals surface area contributed by atoms with Crippen LogP contribution in [0.15, 0.2) is 18.3 Å². The first-order valence-corrected chi connectivity index (χ1v) is 7.58. The molecule has 106 valence electrons. The molecule has 2 saturated carbocycles. The highest BCUT2D eigenvalue weighted by molar-refractivity contribution is 5.92. The van der Waals surface area contributed by atoms with Gasteiger partial charge in [-0.1, -0.05) is 0 Å². The Kier molecular flexibility index (Phi) is 2.88. The van der Waals surface area contributed by atoms with E-state index in [0.717, 1.165) is 31.6 Å². The fourth-order valence-electron chi connectivity index (χ4n) is 3.13. The third-order valence-corrected chi connectivity index (χ3v) is 4.62. The van der Waals surface area contributed by atoms with Gasteiger partial charge in [0.25, 0.3) is 5.91 Å². The average Bonchev–Trinajstić information content (AvgIpc) is 3.24. The monoisotopic (exact) mass is 272 g/mol. The van der Waals surface area contributed by atoms with E-state index in [9.17, 15) is 4.79 Å². The molecule has 3 fully saturated rings. The molecule has 2 N–H and O–H groups in total. The zero-order valence-electron chi connectivity index (χ0n) is 11.5. The number of fused-ring (bicyclic) bond motifs is 1. The van der Waals surface area contributed by atoms with Gasteiger partial charge in [0.1, 0.15) is 5.69 Å². The van der Waals surface area contributed by atoms with E-state index in [4.69, 9.17) is 0 Å². The summed E-state index contributed by atoms with van der Waals surface area (Å²) in [5.41, 5.74) is 1.67. The minimum absolute atomic E-state index is 0.0409. The molecule has 1 unspecified atom stereocenters. The lowest BCUT2D eigenvalue weighted by atomic mass is 9.83. The number of piperazine rings is 1. The highest BCUT2D eigenvalue weighted by Crippen LogP contribution is 2.31. The molecule has 3 aliphatic rings. The van der Waals surface area contributed by atoms with Crippen LogP contribution in [0.3, 0.4) is 0 Å². The largest absolute Gasteiger partial charge is 0.364 e.